The fourth-order valence-corrected chi connectivity index (χ4v) is 2.06. The van der Waals surface area contributed by atoms with Crippen LogP contribution < -0.4 is 10.1 Å². The molecule has 0 atom stereocenters. The molecule has 5 heteroatoms. The highest BCUT2D eigenvalue weighted by atomic mass is 35.5. The molecule has 0 saturated carbocycles. The highest BCUT2D eigenvalue weighted by Crippen LogP contribution is 2.26. The van der Waals surface area contributed by atoms with Gasteiger partial charge in [-0.1, -0.05) is 12.1 Å². The summed E-state index contributed by atoms with van der Waals surface area (Å²) in [7, 11) is 3.73. The highest BCUT2D eigenvalue weighted by Gasteiger charge is 2.14. The maximum absolute atomic E-state index is 12.0. The van der Waals surface area contributed by atoms with Gasteiger partial charge in [0.05, 0.1) is 13.0 Å². The van der Waals surface area contributed by atoms with Crippen LogP contribution in [-0.4, -0.2) is 44.6 Å². The van der Waals surface area contributed by atoms with Crippen molar-refractivity contribution in [3.63, 3.8) is 0 Å². The second kappa shape index (κ2) is 7.36. The Bertz CT molecular complexity index is 437. The number of benzene rings is 1. The number of carbonyl (C=O) groups is 1. The number of nitrogens with zero attached hydrogens (tertiary/aromatic N) is 1. The van der Waals surface area contributed by atoms with Crippen LogP contribution in [0.25, 0.3) is 0 Å². The lowest BCUT2D eigenvalue weighted by atomic mass is 10.1. The zero-order valence-corrected chi connectivity index (χ0v) is 12.3. The van der Waals surface area contributed by atoms with Crippen molar-refractivity contribution < 1.29 is 9.53 Å². The van der Waals surface area contributed by atoms with Crippen LogP contribution in [0.2, 0.25) is 0 Å². The molecule has 0 aliphatic carbocycles. The smallest absolute Gasteiger partial charge is 0.226 e. The predicted octanol–water partition coefficient (Wildman–Crippen LogP) is 1.26. The number of carbonyl (C=O) groups excluding carboxylic acids is 1. The molecule has 2 rings (SSSR count). The Hall–Kier alpha value is -1.26. The van der Waals surface area contributed by atoms with Crippen molar-refractivity contribution in [2.75, 3.05) is 33.8 Å². The zero-order chi connectivity index (χ0) is 13.0. The van der Waals surface area contributed by atoms with Crippen LogP contribution >= 0.6 is 12.4 Å². The number of nitrogens with one attached hydrogen (secondary N) is 1. The van der Waals surface area contributed by atoms with E-state index < -0.39 is 0 Å². The van der Waals surface area contributed by atoms with E-state index in [-0.39, 0.29) is 18.3 Å². The van der Waals surface area contributed by atoms with E-state index in [0.29, 0.717) is 6.42 Å². The van der Waals surface area contributed by atoms with Gasteiger partial charge in [0.25, 0.3) is 0 Å². The van der Waals surface area contributed by atoms with Crippen LogP contribution in [0.4, 0.5) is 0 Å². The van der Waals surface area contributed by atoms with Gasteiger partial charge in [0.15, 0.2) is 0 Å². The summed E-state index contributed by atoms with van der Waals surface area (Å²) in [6.45, 7) is 2.32. The van der Waals surface area contributed by atoms with Crippen molar-refractivity contribution in [1.29, 1.82) is 0 Å². The fourth-order valence-electron chi connectivity index (χ4n) is 2.06. The van der Waals surface area contributed by atoms with Gasteiger partial charge in [-0.25, -0.2) is 0 Å². The Balaban J connectivity index is 0.00000180. The van der Waals surface area contributed by atoms with Gasteiger partial charge < -0.3 is 15.0 Å². The number of ether oxygens (including phenoxy) is 1. The molecule has 0 radical (unpaired) electrons. The van der Waals surface area contributed by atoms with Gasteiger partial charge in [-0.2, -0.15) is 0 Å². The molecular formula is C14H21ClN2O2. The van der Waals surface area contributed by atoms with Gasteiger partial charge in [-0.05, 0) is 24.2 Å². The predicted molar refractivity (Wildman–Crippen MR) is 78.2 cm³/mol. The monoisotopic (exact) mass is 284 g/mol. The molecule has 1 aromatic carbocycles. The molecule has 106 valence electrons. The Morgan fingerprint density at radius 2 is 2.26 bits per heavy atom. The standard InChI is InChI=1S/C14H20N2O2.ClH/c1-15-6-7-16(2)14(17)10-11-3-4-13-12(9-11)5-8-18-13;/h3-4,9,15H,5-8,10H2,1-2H3;1H. The SMILES string of the molecule is CNCCN(C)C(=O)Cc1ccc2c(c1)CCO2.Cl. The Morgan fingerprint density at radius 3 is 3.00 bits per heavy atom. The van der Waals surface area contributed by atoms with Crippen LogP contribution in [0.3, 0.4) is 0 Å². The molecule has 0 bridgehead atoms. The third kappa shape index (κ3) is 4.11. The first kappa shape index (κ1) is 15.8. The van der Waals surface area contributed by atoms with E-state index in [4.69, 9.17) is 4.74 Å². The molecule has 0 saturated heterocycles. The lowest BCUT2D eigenvalue weighted by Gasteiger charge is -2.17. The van der Waals surface area contributed by atoms with E-state index in [1.165, 1.54) is 5.56 Å². The van der Waals surface area contributed by atoms with E-state index in [9.17, 15) is 4.79 Å². The molecule has 0 fully saturated rings. The van der Waals surface area contributed by atoms with E-state index in [2.05, 4.69) is 11.4 Å². The molecule has 1 heterocycles. The van der Waals surface area contributed by atoms with Crippen LogP contribution in [0, 0.1) is 0 Å². The molecule has 0 aromatic heterocycles. The fraction of sp³-hybridized carbons (Fsp3) is 0.500. The summed E-state index contributed by atoms with van der Waals surface area (Å²) in [4.78, 5) is 13.7. The van der Waals surface area contributed by atoms with Crippen molar-refractivity contribution in [3.05, 3.63) is 29.3 Å². The third-order valence-electron chi connectivity index (χ3n) is 3.23. The molecule has 1 aliphatic heterocycles. The number of hydrogen-bond acceptors (Lipinski definition) is 3. The van der Waals surface area contributed by atoms with Gasteiger partial charge in [-0.3, -0.25) is 4.79 Å². The molecule has 1 aliphatic rings. The lowest BCUT2D eigenvalue weighted by molar-refractivity contribution is -0.129. The number of fused-ring (bicyclic) bond motifs is 1. The molecular weight excluding hydrogens is 264 g/mol. The first-order chi connectivity index (χ1) is 8.70. The molecule has 0 unspecified atom stereocenters. The molecule has 1 aromatic rings. The van der Waals surface area contributed by atoms with Gasteiger partial charge >= 0.3 is 0 Å². The normalized spacial score (nSPS) is 12.3. The topological polar surface area (TPSA) is 41.6 Å². The first-order valence-electron chi connectivity index (χ1n) is 6.34. The van der Waals surface area contributed by atoms with E-state index in [1.807, 2.05) is 26.2 Å². The Morgan fingerprint density at radius 1 is 1.47 bits per heavy atom. The summed E-state index contributed by atoms with van der Waals surface area (Å²) in [5.74, 6) is 1.12. The number of likely N-dealkylation sites (N-methyl/N-ethyl adjacent to an activating group) is 2. The number of rotatable bonds is 5. The quantitative estimate of drug-likeness (QED) is 0.885. The average molecular weight is 285 g/mol. The van der Waals surface area contributed by atoms with Gasteiger partial charge in [0, 0.05) is 26.6 Å². The number of hydrogen-bond donors (Lipinski definition) is 1. The van der Waals surface area contributed by atoms with Crippen LogP contribution in [-0.2, 0) is 17.6 Å². The van der Waals surface area contributed by atoms with E-state index >= 15 is 0 Å². The second-order valence-corrected chi connectivity index (χ2v) is 4.64. The van der Waals surface area contributed by atoms with Crippen molar-refractivity contribution in [1.82, 2.24) is 10.2 Å². The molecule has 19 heavy (non-hydrogen) atoms. The number of amides is 1. The van der Waals surface area contributed by atoms with Gasteiger partial charge in [-0.15, -0.1) is 12.4 Å². The third-order valence-corrected chi connectivity index (χ3v) is 3.23. The van der Waals surface area contributed by atoms with Crippen molar-refractivity contribution in [3.8, 4) is 5.75 Å². The summed E-state index contributed by atoms with van der Waals surface area (Å²) in [6, 6.07) is 6.04. The molecule has 0 spiro atoms. The van der Waals surface area contributed by atoms with Crippen LogP contribution in [0.5, 0.6) is 5.75 Å². The molecule has 1 N–H and O–H groups in total. The zero-order valence-electron chi connectivity index (χ0n) is 11.4. The van der Waals surface area contributed by atoms with Gasteiger partial charge in [0.2, 0.25) is 5.91 Å². The maximum atomic E-state index is 12.0. The first-order valence-corrected chi connectivity index (χ1v) is 6.34. The van der Waals surface area contributed by atoms with Crippen molar-refractivity contribution in [2.45, 2.75) is 12.8 Å². The van der Waals surface area contributed by atoms with Crippen LogP contribution in [0.1, 0.15) is 11.1 Å². The van der Waals surface area contributed by atoms with Gasteiger partial charge in [0.1, 0.15) is 5.75 Å². The number of halogens is 1. The van der Waals surface area contributed by atoms with E-state index in [0.717, 1.165) is 37.4 Å². The Labute approximate surface area is 120 Å². The minimum Gasteiger partial charge on any atom is -0.493 e. The second-order valence-electron chi connectivity index (χ2n) is 4.64. The molecule has 1 amide bonds. The van der Waals surface area contributed by atoms with Crippen molar-refractivity contribution in [2.24, 2.45) is 0 Å². The summed E-state index contributed by atoms with van der Waals surface area (Å²) >= 11 is 0. The highest BCUT2D eigenvalue weighted by molar-refractivity contribution is 5.85. The Kier molecular flexibility index (Phi) is 6.12. The average Bonchev–Trinajstić information content (AvgIpc) is 2.83. The van der Waals surface area contributed by atoms with Crippen molar-refractivity contribution >= 4 is 18.3 Å². The van der Waals surface area contributed by atoms with E-state index in [1.54, 1.807) is 4.90 Å². The summed E-state index contributed by atoms with van der Waals surface area (Å²) in [6.07, 6.45) is 1.42. The summed E-state index contributed by atoms with van der Waals surface area (Å²) in [5.41, 5.74) is 2.29. The lowest BCUT2D eigenvalue weighted by Crippen LogP contribution is -2.33. The minimum absolute atomic E-state index is 0. The summed E-state index contributed by atoms with van der Waals surface area (Å²) in [5, 5.41) is 3.04. The largest absolute Gasteiger partial charge is 0.493 e. The minimum atomic E-state index is 0. The maximum Gasteiger partial charge on any atom is 0.226 e. The summed E-state index contributed by atoms with van der Waals surface area (Å²) < 4.78 is 5.46. The van der Waals surface area contributed by atoms with Crippen LogP contribution in [0.15, 0.2) is 18.2 Å². The molecule has 4 nitrogen and oxygen atoms in total.